The van der Waals surface area contributed by atoms with E-state index < -0.39 is 24.2 Å². The summed E-state index contributed by atoms with van der Waals surface area (Å²) in [5, 5.41) is 2.79. The lowest BCUT2D eigenvalue weighted by molar-refractivity contribution is -0.111. The summed E-state index contributed by atoms with van der Waals surface area (Å²) >= 11 is 0. The normalized spacial score (nSPS) is 11.4. The van der Waals surface area contributed by atoms with Crippen LogP contribution in [-0.2, 0) is 16.1 Å². The summed E-state index contributed by atoms with van der Waals surface area (Å²) in [6.45, 7) is 4.61. The van der Waals surface area contributed by atoms with Crippen LogP contribution in [0.1, 0.15) is 38.8 Å². The molecule has 2 amide bonds. The van der Waals surface area contributed by atoms with Crippen LogP contribution >= 0.6 is 0 Å². The molecule has 1 N–H and O–H groups in total. The first-order valence-electron chi connectivity index (χ1n) is 10.7. The third kappa shape index (κ3) is 8.73. The van der Waals surface area contributed by atoms with Crippen LogP contribution in [0.4, 0.5) is 19.3 Å². The Morgan fingerprint density at radius 1 is 1.12 bits per heavy atom. The fraction of sp³-hybridized carbons (Fsp3) is 0.360. The summed E-state index contributed by atoms with van der Waals surface area (Å²) < 4.78 is 40.3. The zero-order valence-corrected chi connectivity index (χ0v) is 19.9. The van der Waals surface area contributed by atoms with Gasteiger partial charge in [-0.1, -0.05) is 24.3 Å². The van der Waals surface area contributed by atoms with Gasteiger partial charge in [-0.05, 0) is 63.1 Å². The van der Waals surface area contributed by atoms with E-state index in [4.69, 9.17) is 9.47 Å². The second kappa shape index (κ2) is 12.0. The van der Waals surface area contributed by atoms with Gasteiger partial charge in [0.15, 0.2) is 11.5 Å². The van der Waals surface area contributed by atoms with Gasteiger partial charge in [-0.2, -0.15) is 8.78 Å². The number of benzene rings is 2. The first-order valence-corrected chi connectivity index (χ1v) is 10.7. The standard InChI is InChI=1S/C25H30F2N2O5/c1-6-32-21-15-17(11-13-20(21)33-23(26)27)12-14-22(30)28-19-10-8-7-9-18(19)16-29(5)24(31)34-25(2,3)4/h7-15,23H,6,16H2,1-5H3,(H,28,30)/b14-12+. The molecule has 0 unspecified atom stereocenters. The van der Waals surface area contributed by atoms with Gasteiger partial charge in [-0.3, -0.25) is 4.79 Å². The summed E-state index contributed by atoms with van der Waals surface area (Å²) in [6, 6.07) is 11.5. The molecule has 0 heterocycles. The van der Waals surface area contributed by atoms with Gasteiger partial charge >= 0.3 is 12.7 Å². The van der Waals surface area contributed by atoms with Crippen LogP contribution in [0.25, 0.3) is 6.08 Å². The van der Waals surface area contributed by atoms with Crippen molar-refractivity contribution >= 4 is 23.8 Å². The minimum atomic E-state index is -2.97. The SMILES string of the molecule is CCOc1cc(/C=C/C(=O)Nc2ccccc2CN(C)C(=O)OC(C)(C)C)ccc1OC(F)F. The molecule has 0 bridgehead atoms. The number of amides is 2. The molecule has 9 heteroatoms. The van der Waals surface area contributed by atoms with E-state index in [1.54, 1.807) is 52.9 Å². The Kier molecular flexibility index (Phi) is 9.41. The van der Waals surface area contributed by atoms with E-state index in [1.165, 1.54) is 35.3 Å². The molecular weight excluding hydrogens is 446 g/mol. The van der Waals surface area contributed by atoms with Gasteiger partial charge < -0.3 is 24.4 Å². The van der Waals surface area contributed by atoms with Gasteiger partial charge in [-0.25, -0.2) is 4.79 Å². The number of rotatable bonds is 9. The van der Waals surface area contributed by atoms with E-state index in [0.29, 0.717) is 11.3 Å². The number of carbonyl (C=O) groups is 2. The summed E-state index contributed by atoms with van der Waals surface area (Å²) in [5.74, 6) is -0.333. The molecule has 0 aliphatic heterocycles. The quantitative estimate of drug-likeness (QED) is 0.470. The number of nitrogens with one attached hydrogen (secondary N) is 1. The lowest BCUT2D eigenvalue weighted by Gasteiger charge is -2.25. The van der Waals surface area contributed by atoms with E-state index in [0.717, 1.165) is 5.56 Å². The zero-order valence-electron chi connectivity index (χ0n) is 19.9. The third-order valence-electron chi connectivity index (χ3n) is 4.30. The Hall–Kier alpha value is -3.62. The maximum absolute atomic E-state index is 12.6. The van der Waals surface area contributed by atoms with Crippen molar-refractivity contribution in [3.63, 3.8) is 0 Å². The average molecular weight is 477 g/mol. The van der Waals surface area contributed by atoms with Gasteiger partial charge in [0, 0.05) is 18.8 Å². The predicted molar refractivity (Wildman–Crippen MR) is 126 cm³/mol. The van der Waals surface area contributed by atoms with E-state index in [2.05, 4.69) is 10.1 Å². The Balaban J connectivity index is 2.09. The van der Waals surface area contributed by atoms with Gasteiger partial charge in [0.1, 0.15) is 5.60 Å². The van der Waals surface area contributed by atoms with Crippen molar-refractivity contribution in [2.75, 3.05) is 19.0 Å². The Morgan fingerprint density at radius 3 is 2.47 bits per heavy atom. The van der Waals surface area contributed by atoms with Crippen LogP contribution < -0.4 is 14.8 Å². The molecule has 0 saturated heterocycles. The number of para-hydroxylation sites is 1. The zero-order chi connectivity index (χ0) is 25.3. The molecule has 184 valence electrons. The van der Waals surface area contributed by atoms with Crippen molar-refractivity contribution in [3.05, 3.63) is 59.7 Å². The number of nitrogens with zero attached hydrogens (tertiary/aromatic N) is 1. The van der Waals surface area contributed by atoms with Crippen molar-refractivity contribution in [1.82, 2.24) is 4.90 Å². The van der Waals surface area contributed by atoms with E-state index in [9.17, 15) is 18.4 Å². The molecule has 0 fully saturated rings. The number of anilines is 1. The number of halogens is 2. The molecule has 2 rings (SSSR count). The number of alkyl halides is 2. The Morgan fingerprint density at radius 2 is 1.82 bits per heavy atom. The molecule has 0 spiro atoms. The van der Waals surface area contributed by atoms with Gasteiger partial charge in [0.25, 0.3) is 0 Å². The topological polar surface area (TPSA) is 77.1 Å². The highest BCUT2D eigenvalue weighted by Crippen LogP contribution is 2.30. The summed E-state index contributed by atoms with van der Waals surface area (Å²) in [7, 11) is 1.62. The van der Waals surface area contributed by atoms with E-state index in [-0.39, 0.29) is 24.7 Å². The molecule has 7 nitrogen and oxygen atoms in total. The molecule has 0 atom stereocenters. The summed E-state index contributed by atoms with van der Waals surface area (Å²) in [6.07, 6.45) is 2.37. The summed E-state index contributed by atoms with van der Waals surface area (Å²) in [5.41, 5.74) is 1.22. The molecule has 0 aliphatic carbocycles. The van der Waals surface area contributed by atoms with Crippen LogP contribution in [0.3, 0.4) is 0 Å². The van der Waals surface area contributed by atoms with Crippen molar-refractivity contribution in [1.29, 1.82) is 0 Å². The highest BCUT2D eigenvalue weighted by molar-refractivity contribution is 6.02. The van der Waals surface area contributed by atoms with Crippen molar-refractivity contribution in [2.24, 2.45) is 0 Å². The maximum atomic E-state index is 12.6. The van der Waals surface area contributed by atoms with Crippen LogP contribution in [0.15, 0.2) is 48.5 Å². The monoisotopic (exact) mass is 476 g/mol. The molecule has 0 aliphatic rings. The minimum Gasteiger partial charge on any atom is -0.490 e. The van der Waals surface area contributed by atoms with Gasteiger partial charge in [-0.15, -0.1) is 0 Å². The van der Waals surface area contributed by atoms with Crippen LogP contribution in [0.5, 0.6) is 11.5 Å². The second-order valence-electron chi connectivity index (χ2n) is 8.33. The lowest BCUT2D eigenvalue weighted by atomic mass is 10.1. The second-order valence-corrected chi connectivity index (χ2v) is 8.33. The molecule has 34 heavy (non-hydrogen) atoms. The first-order chi connectivity index (χ1) is 16.0. The molecule has 0 aromatic heterocycles. The Bertz CT molecular complexity index is 1020. The first kappa shape index (κ1) is 26.6. The van der Waals surface area contributed by atoms with Crippen molar-refractivity contribution in [2.45, 2.75) is 46.5 Å². The predicted octanol–water partition coefficient (Wildman–Crippen LogP) is 5.71. The number of hydrogen-bond acceptors (Lipinski definition) is 5. The van der Waals surface area contributed by atoms with Gasteiger partial charge in [0.2, 0.25) is 5.91 Å². The fourth-order valence-corrected chi connectivity index (χ4v) is 2.88. The minimum absolute atomic E-state index is 0.0820. The molecule has 0 saturated carbocycles. The molecule has 2 aromatic rings. The van der Waals surface area contributed by atoms with E-state index >= 15 is 0 Å². The fourth-order valence-electron chi connectivity index (χ4n) is 2.88. The van der Waals surface area contributed by atoms with Crippen LogP contribution in [0.2, 0.25) is 0 Å². The lowest BCUT2D eigenvalue weighted by Crippen LogP contribution is -2.34. The molecular formula is C25H30F2N2O5. The largest absolute Gasteiger partial charge is 0.490 e. The number of carbonyl (C=O) groups excluding carboxylic acids is 2. The van der Waals surface area contributed by atoms with Crippen molar-refractivity contribution in [3.8, 4) is 11.5 Å². The molecule has 0 radical (unpaired) electrons. The van der Waals surface area contributed by atoms with Gasteiger partial charge in [0.05, 0.1) is 13.2 Å². The van der Waals surface area contributed by atoms with E-state index in [1.807, 2.05) is 6.07 Å². The highest BCUT2D eigenvalue weighted by Gasteiger charge is 2.20. The smallest absolute Gasteiger partial charge is 0.410 e. The average Bonchev–Trinajstić information content (AvgIpc) is 2.74. The Labute approximate surface area is 198 Å². The number of ether oxygens (including phenoxy) is 3. The molecule has 2 aromatic carbocycles. The maximum Gasteiger partial charge on any atom is 0.410 e. The van der Waals surface area contributed by atoms with Crippen LogP contribution in [-0.4, -0.2) is 42.8 Å². The van der Waals surface area contributed by atoms with Crippen molar-refractivity contribution < 1.29 is 32.6 Å². The third-order valence-corrected chi connectivity index (χ3v) is 4.30. The summed E-state index contributed by atoms with van der Waals surface area (Å²) in [4.78, 5) is 26.2. The highest BCUT2D eigenvalue weighted by atomic mass is 19.3. The number of hydrogen-bond donors (Lipinski definition) is 1. The van der Waals surface area contributed by atoms with Crippen LogP contribution in [0, 0.1) is 0 Å².